The second-order valence-corrected chi connectivity index (χ2v) is 8.15. The van der Waals surface area contributed by atoms with Gasteiger partial charge in [0.15, 0.2) is 0 Å². The first-order chi connectivity index (χ1) is 12.1. The Morgan fingerprint density at radius 3 is 2.80 bits per heavy atom. The molecule has 5 heteroatoms. The summed E-state index contributed by atoms with van der Waals surface area (Å²) < 4.78 is 1.10. The predicted octanol–water partition coefficient (Wildman–Crippen LogP) is 4.74. The molecule has 2 aliphatic heterocycles. The SMILES string of the molecule is O=[N+]([O-])c1cccc2c1CC1CCC(C2)CN1Cc1cccc(Br)c1. The molecule has 5 rings (SSSR count). The number of halogens is 1. The molecule has 0 saturated carbocycles. The first-order valence-corrected chi connectivity index (χ1v) is 9.63. The summed E-state index contributed by atoms with van der Waals surface area (Å²) in [4.78, 5) is 13.8. The van der Waals surface area contributed by atoms with Gasteiger partial charge in [-0.15, -0.1) is 0 Å². The van der Waals surface area contributed by atoms with E-state index in [4.69, 9.17) is 0 Å². The van der Waals surface area contributed by atoms with Gasteiger partial charge in [0.2, 0.25) is 0 Å². The highest BCUT2D eigenvalue weighted by Crippen LogP contribution is 2.36. The summed E-state index contributed by atoms with van der Waals surface area (Å²) in [7, 11) is 0. The summed E-state index contributed by atoms with van der Waals surface area (Å²) in [5.41, 5.74) is 3.74. The predicted molar refractivity (Wildman–Crippen MR) is 102 cm³/mol. The fourth-order valence-corrected chi connectivity index (χ4v) is 4.86. The minimum absolute atomic E-state index is 0.216. The molecule has 4 nitrogen and oxygen atoms in total. The Hall–Kier alpha value is -1.72. The molecule has 2 atom stereocenters. The number of nitro groups is 1. The van der Waals surface area contributed by atoms with Crippen molar-refractivity contribution in [1.82, 2.24) is 4.90 Å². The third kappa shape index (κ3) is 3.48. The molecular formula is C20H21BrN2O2. The Kier molecular flexibility index (Phi) is 4.61. The molecule has 25 heavy (non-hydrogen) atoms. The van der Waals surface area contributed by atoms with Crippen LogP contribution in [0.15, 0.2) is 46.9 Å². The molecule has 2 unspecified atom stereocenters. The van der Waals surface area contributed by atoms with Crippen molar-refractivity contribution in [2.24, 2.45) is 5.92 Å². The molecule has 2 aromatic rings. The van der Waals surface area contributed by atoms with Crippen LogP contribution in [0.5, 0.6) is 0 Å². The van der Waals surface area contributed by atoms with E-state index >= 15 is 0 Å². The maximum absolute atomic E-state index is 11.5. The van der Waals surface area contributed by atoms with Gasteiger partial charge in [-0.25, -0.2) is 0 Å². The average Bonchev–Trinajstić information content (AvgIpc) is 2.55. The number of benzene rings is 2. The maximum Gasteiger partial charge on any atom is 0.272 e. The fraction of sp³-hybridized carbons (Fsp3) is 0.400. The lowest BCUT2D eigenvalue weighted by molar-refractivity contribution is -0.385. The lowest BCUT2D eigenvalue weighted by atomic mass is 9.79. The van der Waals surface area contributed by atoms with Gasteiger partial charge in [0, 0.05) is 35.2 Å². The zero-order chi connectivity index (χ0) is 17.4. The maximum atomic E-state index is 11.5. The van der Waals surface area contributed by atoms with Crippen LogP contribution in [0.4, 0.5) is 5.69 Å². The van der Waals surface area contributed by atoms with Gasteiger partial charge in [-0.3, -0.25) is 15.0 Å². The summed E-state index contributed by atoms with van der Waals surface area (Å²) in [5.74, 6) is 0.587. The second-order valence-electron chi connectivity index (χ2n) is 7.24. The van der Waals surface area contributed by atoms with Gasteiger partial charge in [-0.1, -0.05) is 40.2 Å². The van der Waals surface area contributed by atoms with Crippen molar-refractivity contribution in [3.05, 3.63) is 73.7 Å². The molecule has 1 aliphatic carbocycles. The molecular weight excluding hydrogens is 380 g/mol. The van der Waals surface area contributed by atoms with Crippen molar-refractivity contribution in [2.45, 2.75) is 38.3 Å². The molecule has 0 radical (unpaired) electrons. The van der Waals surface area contributed by atoms with Crippen molar-refractivity contribution < 1.29 is 4.92 Å². The van der Waals surface area contributed by atoms with Crippen LogP contribution in [0.25, 0.3) is 0 Å². The highest BCUT2D eigenvalue weighted by Gasteiger charge is 2.34. The standard InChI is InChI=1S/C20H21BrN2O2/c21-17-5-1-3-14(10-17)12-22-13-15-7-8-18(22)11-19-16(9-15)4-2-6-20(19)23(24)25/h1-6,10,15,18H,7-9,11-13H2. The smallest absolute Gasteiger partial charge is 0.272 e. The average molecular weight is 401 g/mol. The third-order valence-electron chi connectivity index (χ3n) is 5.59. The lowest BCUT2D eigenvalue weighted by Crippen LogP contribution is -2.46. The molecule has 130 valence electrons. The molecule has 2 bridgehead atoms. The summed E-state index contributed by atoms with van der Waals surface area (Å²) in [5, 5.41) is 11.5. The number of nitrogens with zero attached hydrogens (tertiary/aromatic N) is 2. The minimum Gasteiger partial charge on any atom is -0.296 e. The fourth-order valence-electron chi connectivity index (χ4n) is 4.41. The van der Waals surface area contributed by atoms with Gasteiger partial charge in [0.1, 0.15) is 0 Å². The van der Waals surface area contributed by atoms with E-state index in [1.54, 1.807) is 6.07 Å². The van der Waals surface area contributed by atoms with E-state index in [0.717, 1.165) is 42.4 Å². The van der Waals surface area contributed by atoms with Gasteiger partial charge in [0.25, 0.3) is 5.69 Å². The van der Waals surface area contributed by atoms with E-state index in [-0.39, 0.29) is 4.92 Å². The van der Waals surface area contributed by atoms with Gasteiger partial charge in [-0.2, -0.15) is 0 Å². The summed E-state index contributed by atoms with van der Waals surface area (Å²) >= 11 is 3.55. The number of hydrogen-bond donors (Lipinski definition) is 0. The molecule has 1 fully saturated rings. The Morgan fingerprint density at radius 1 is 1.16 bits per heavy atom. The Bertz CT molecular complexity index is 808. The van der Waals surface area contributed by atoms with Gasteiger partial charge < -0.3 is 0 Å². The normalized spacial score (nSPS) is 22.9. The Balaban J connectivity index is 1.64. The number of fused-ring (bicyclic) bond motifs is 2. The van der Waals surface area contributed by atoms with Crippen molar-refractivity contribution in [3.8, 4) is 0 Å². The monoisotopic (exact) mass is 400 g/mol. The Labute approximate surface area is 156 Å². The van der Waals surface area contributed by atoms with Crippen LogP contribution in [0, 0.1) is 16.0 Å². The Morgan fingerprint density at radius 2 is 2.00 bits per heavy atom. The molecule has 0 aromatic heterocycles. The molecule has 3 aliphatic rings. The first kappa shape index (κ1) is 16.7. The highest BCUT2D eigenvalue weighted by molar-refractivity contribution is 9.10. The van der Waals surface area contributed by atoms with Crippen molar-refractivity contribution >= 4 is 21.6 Å². The molecule has 1 saturated heterocycles. The summed E-state index contributed by atoms with van der Waals surface area (Å²) in [6, 6.07) is 14.4. The van der Waals surface area contributed by atoms with Crippen LogP contribution in [0.2, 0.25) is 0 Å². The zero-order valence-corrected chi connectivity index (χ0v) is 15.6. The van der Waals surface area contributed by atoms with E-state index in [9.17, 15) is 10.1 Å². The van der Waals surface area contributed by atoms with Crippen molar-refractivity contribution in [3.63, 3.8) is 0 Å². The van der Waals surface area contributed by atoms with E-state index in [1.807, 2.05) is 12.1 Å². The van der Waals surface area contributed by atoms with E-state index in [0.29, 0.717) is 17.6 Å². The van der Waals surface area contributed by atoms with Crippen LogP contribution in [-0.4, -0.2) is 22.4 Å². The molecule has 0 spiro atoms. The van der Waals surface area contributed by atoms with E-state index in [1.165, 1.54) is 17.5 Å². The van der Waals surface area contributed by atoms with Crippen LogP contribution in [0.3, 0.4) is 0 Å². The highest BCUT2D eigenvalue weighted by atomic mass is 79.9. The lowest BCUT2D eigenvalue weighted by Gasteiger charge is -2.42. The first-order valence-electron chi connectivity index (χ1n) is 8.84. The summed E-state index contributed by atoms with van der Waals surface area (Å²) in [6.45, 7) is 2.00. The second kappa shape index (κ2) is 6.89. The van der Waals surface area contributed by atoms with Crippen LogP contribution >= 0.6 is 15.9 Å². The molecule has 0 amide bonds. The van der Waals surface area contributed by atoms with Gasteiger partial charge in [0.05, 0.1) is 4.92 Å². The van der Waals surface area contributed by atoms with Crippen LogP contribution in [-0.2, 0) is 19.4 Å². The van der Waals surface area contributed by atoms with Crippen molar-refractivity contribution in [2.75, 3.05) is 6.54 Å². The van der Waals surface area contributed by atoms with Gasteiger partial charge in [-0.05, 0) is 54.9 Å². The third-order valence-corrected chi connectivity index (χ3v) is 6.08. The van der Waals surface area contributed by atoms with Crippen LogP contribution < -0.4 is 0 Å². The topological polar surface area (TPSA) is 46.4 Å². The quantitative estimate of drug-likeness (QED) is 0.552. The molecule has 0 N–H and O–H groups in total. The number of rotatable bonds is 3. The number of piperidine rings is 1. The molecule has 2 aromatic carbocycles. The minimum atomic E-state index is -0.216. The zero-order valence-electron chi connectivity index (χ0n) is 14.0. The molecule has 2 heterocycles. The van der Waals surface area contributed by atoms with E-state index < -0.39 is 0 Å². The number of hydrogen-bond acceptors (Lipinski definition) is 3. The number of nitro benzene ring substituents is 1. The largest absolute Gasteiger partial charge is 0.296 e. The van der Waals surface area contributed by atoms with Crippen LogP contribution in [0.1, 0.15) is 29.5 Å². The van der Waals surface area contributed by atoms with Gasteiger partial charge >= 0.3 is 0 Å². The summed E-state index contributed by atoms with van der Waals surface area (Å²) in [6.07, 6.45) is 4.10. The van der Waals surface area contributed by atoms with E-state index in [2.05, 4.69) is 45.1 Å². The van der Waals surface area contributed by atoms with Crippen molar-refractivity contribution in [1.29, 1.82) is 0 Å².